The molecule has 1 rings (SSSR count). The van der Waals surface area contributed by atoms with E-state index in [0.717, 1.165) is 16.5 Å². The van der Waals surface area contributed by atoms with Crippen molar-refractivity contribution in [2.24, 2.45) is 5.92 Å². The molecule has 0 heterocycles. The topological polar surface area (TPSA) is 52.9 Å². The summed E-state index contributed by atoms with van der Waals surface area (Å²) in [5, 5.41) is 11.8. The normalized spacial score (nSPS) is 13.5. The Hall–Kier alpha value is -1.34. The van der Waals surface area contributed by atoms with Crippen molar-refractivity contribution in [3.63, 3.8) is 0 Å². The number of hydrogen-bond acceptors (Lipinski definition) is 2. The summed E-state index contributed by atoms with van der Waals surface area (Å²) in [4.78, 5) is 11.7. The van der Waals surface area contributed by atoms with Gasteiger partial charge in [-0.1, -0.05) is 41.9 Å². The van der Waals surface area contributed by atoms with Crippen molar-refractivity contribution in [1.29, 1.82) is 5.26 Å². The highest BCUT2D eigenvalue weighted by atomic mass is 79.9. The first-order chi connectivity index (χ1) is 8.08. The second kappa shape index (κ2) is 6.41. The number of nitriles is 1. The van der Waals surface area contributed by atoms with Crippen molar-refractivity contribution in [2.75, 3.05) is 0 Å². The van der Waals surface area contributed by atoms with E-state index in [2.05, 4.69) is 27.3 Å². The van der Waals surface area contributed by atoms with Gasteiger partial charge in [0.05, 0.1) is 6.07 Å². The van der Waals surface area contributed by atoms with Gasteiger partial charge in [0.25, 0.3) is 0 Å². The van der Waals surface area contributed by atoms with Crippen LogP contribution in [0.5, 0.6) is 0 Å². The van der Waals surface area contributed by atoms with E-state index in [9.17, 15) is 4.79 Å². The highest BCUT2D eigenvalue weighted by Crippen LogP contribution is 2.18. The number of amides is 1. The third kappa shape index (κ3) is 3.86. The number of halogens is 1. The van der Waals surface area contributed by atoms with Crippen LogP contribution in [0.4, 0.5) is 0 Å². The van der Waals surface area contributed by atoms with Crippen molar-refractivity contribution in [3.05, 3.63) is 34.3 Å². The van der Waals surface area contributed by atoms with Gasteiger partial charge in [-0.3, -0.25) is 4.79 Å². The zero-order chi connectivity index (χ0) is 12.8. The van der Waals surface area contributed by atoms with Gasteiger partial charge in [-0.2, -0.15) is 5.26 Å². The van der Waals surface area contributed by atoms with Crippen LogP contribution in [0.2, 0.25) is 0 Å². The first-order valence-corrected chi connectivity index (χ1v) is 6.33. The Morgan fingerprint density at radius 3 is 2.82 bits per heavy atom. The molecule has 1 aromatic carbocycles. The van der Waals surface area contributed by atoms with Crippen LogP contribution in [0.15, 0.2) is 28.7 Å². The van der Waals surface area contributed by atoms with Gasteiger partial charge in [-0.25, -0.2) is 0 Å². The highest BCUT2D eigenvalue weighted by molar-refractivity contribution is 9.10. The maximum atomic E-state index is 11.7. The molecule has 0 radical (unpaired) electrons. The fraction of sp³-hybridized carbons (Fsp3) is 0.385. The molecule has 0 aromatic heterocycles. The van der Waals surface area contributed by atoms with Gasteiger partial charge < -0.3 is 5.32 Å². The Bertz CT molecular complexity index is 439. The third-order valence-electron chi connectivity index (χ3n) is 2.66. The second-order valence-electron chi connectivity index (χ2n) is 3.94. The molecule has 0 aliphatic rings. The van der Waals surface area contributed by atoms with E-state index in [1.807, 2.05) is 38.1 Å². The van der Waals surface area contributed by atoms with E-state index in [1.165, 1.54) is 0 Å². The van der Waals surface area contributed by atoms with E-state index in [0.29, 0.717) is 0 Å². The van der Waals surface area contributed by atoms with E-state index < -0.39 is 6.04 Å². The number of nitrogens with one attached hydrogen (secondary N) is 1. The molecule has 0 bridgehead atoms. The molecular weight excluding hydrogens is 280 g/mol. The quantitative estimate of drug-likeness (QED) is 0.927. The average Bonchev–Trinajstić information content (AvgIpc) is 2.34. The van der Waals surface area contributed by atoms with Crippen LogP contribution in [-0.4, -0.2) is 5.91 Å². The smallest absolute Gasteiger partial charge is 0.224 e. The maximum absolute atomic E-state index is 11.7. The van der Waals surface area contributed by atoms with E-state index in [-0.39, 0.29) is 11.8 Å². The monoisotopic (exact) mass is 294 g/mol. The molecule has 0 spiro atoms. The van der Waals surface area contributed by atoms with Crippen molar-refractivity contribution < 1.29 is 4.79 Å². The Morgan fingerprint density at radius 2 is 2.29 bits per heavy atom. The summed E-state index contributed by atoms with van der Waals surface area (Å²) < 4.78 is 0.896. The van der Waals surface area contributed by atoms with Crippen molar-refractivity contribution >= 4 is 21.8 Å². The SMILES string of the molecule is CCC(C)C(=O)NC(C#N)c1cccc(Br)c1. The molecule has 2 atom stereocenters. The molecule has 17 heavy (non-hydrogen) atoms. The molecule has 1 N–H and O–H groups in total. The van der Waals surface area contributed by atoms with Gasteiger partial charge in [-0.15, -0.1) is 0 Å². The lowest BCUT2D eigenvalue weighted by Crippen LogP contribution is -2.32. The molecule has 4 heteroatoms. The minimum absolute atomic E-state index is 0.0713. The second-order valence-corrected chi connectivity index (χ2v) is 4.85. The van der Waals surface area contributed by atoms with Crippen molar-refractivity contribution in [1.82, 2.24) is 5.32 Å². The lowest BCUT2D eigenvalue weighted by Gasteiger charge is -2.15. The van der Waals surface area contributed by atoms with Crippen LogP contribution < -0.4 is 5.32 Å². The first kappa shape index (κ1) is 13.7. The fourth-order valence-corrected chi connectivity index (χ4v) is 1.76. The molecule has 1 aromatic rings. The van der Waals surface area contributed by atoms with E-state index in [4.69, 9.17) is 5.26 Å². The largest absolute Gasteiger partial charge is 0.336 e. The first-order valence-electron chi connectivity index (χ1n) is 5.54. The molecule has 0 saturated heterocycles. The zero-order valence-electron chi connectivity index (χ0n) is 9.90. The van der Waals surface area contributed by atoms with Crippen LogP contribution in [0, 0.1) is 17.2 Å². The lowest BCUT2D eigenvalue weighted by molar-refractivity contribution is -0.125. The third-order valence-corrected chi connectivity index (χ3v) is 3.15. The summed E-state index contributed by atoms with van der Waals surface area (Å²) in [7, 11) is 0. The Labute approximate surface area is 110 Å². The number of nitrogens with zero attached hydrogens (tertiary/aromatic N) is 1. The van der Waals surface area contributed by atoms with Crippen LogP contribution in [-0.2, 0) is 4.79 Å². The summed E-state index contributed by atoms with van der Waals surface area (Å²) in [5.74, 6) is -0.156. The Balaban J connectivity index is 2.80. The number of rotatable bonds is 4. The molecule has 1 amide bonds. The van der Waals surface area contributed by atoms with Gasteiger partial charge >= 0.3 is 0 Å². The minimum atomic E-state index is -0.589. The summed E-state index contributed by atoms with van der Waals surface area (Å²) in [6.45, 7) is 3.80. The Morgan fingerprint density at radius 1 is 1.59 bits per heavy atom. The summed E-state index contributed by atoms with van der Waals surface area (Å²) in [6, 6.07) is 8.91. The minimum Gasteiger partial charge on any atom is -0.336 e. The molecule has 0 fully saturated rings. The molecule has 3 nitrogen and oxygen atoms in total. The van der Waals surface area contributed by atoms with Crippen LogP contribution in [0.25, 0.3) is 0 Å². The number of benzene rings is 1. The van der Waals surface area contributed by atoms with Crippen molar-refractivity contribution in [2.45, 2.75) is 26.3 Å². The van der Waals surface area contributed by atoms with E-state index in [1.54, 1.807) is 0 Å². The van der Waals surface area contributed by atoms with Gasteiger partial charge in [-0.05, 0) is 24.1 Å². The van der Waals surface area contributed by atoms with Crippen LogP contribution >= 0.6 is 15.9 Å². The summed E-state index contributed by atoms with van der Waals surface area (Å²) in [5.41, 5.74) is 0.790. The average molecular weight is 295 g/mol. The zero-order valence-corrected chi connectivity index (χ0v) is 11.5. The molecular formula is C13H15BrN2O. The predicted octanol–water partition coefficient (Wildman–Crippen LogP) is 3.18. The number of carbonyl (C=O) groups is 1. The number of carbonyl (C=O) groups excluding carboxylic acids is 1. The van der Waals surface area contributed by atoms with Crippen LogP contribution in [0.1, 0.15) is 31.9 Å². The van der Waals surface area contributed by atoms with Crippen molar-refractivity contribution in [3.8, 4) is 6.07 Å². The van der Waals surface area contributed by atoms with Gasteiger partial charge in [0.15, 0.2) is 0 Å². The van der Waals surface area contributed by atoms with Crippen LogP contribution in [0.3, 0.4) is 0 Å². The predicted molar refractivity (Wildman–Crippen MR) is 70.1 cm³/mol. The number of hydrogen-bond donors (Lipinski definition) is 1. The fourth-order valence-electron chi connectivity index (χ4n) is 1.35. The molecule has 0 saturated carbocycles. The Kier molecular flexibility index (Phi) is 5.17. The summed E-state index contributed by atoms with van der Waals surface area (Å²) in [6.07, 6.45) is 0.766. The van der Waals surface area contributed by atoms with Gasteiger partial charge in [0, 0.05) is 10.4 Å². The van der Waals surface area contributed by atoms with Gasteiger partial charge in [0.2, 0.25) is 5.91 Å². The van der Waals surface area contributed by atoms with Gasteiger partial charge in [0.1, 0.15) is 6.04 Å². The molecule has 0 aliphatic heterocycles. The molecule has 90 valence electrons. The molecule has 0 aliphatic carbocycles. The molecule has 2 unspecified atom stereocenters. The lowest BCUT2D eigenvalue weighted by atomic mass is 10.1. The standard InChI is InChI=1S/C13H15BrN2O/c1-3-9(2)13(17)16-12(8-15)10-5-4-6-11(14)7-10/h4-7,9,12H,3H2,1-2H3,(H,16,17). The maximum Gasteiger partial charge on any atom is 0.224 e. The highest BCUT2D eigenvalue weighted by Gasteiger charge is 2.17. The van der Waals surface area contributed by atoms with E-state index >= 15 is 0 Å². The summed E-state index contributed by atoms with van der Waals surface area (Å²) >= 11 is 3.35.